The van der Waals surface area contributed by atoms with Crippen molar-refractivity contribution in [3.8, 4) is 0 Å². The van der Waals surface area contributed by atoms with E-state index in [2.05, 4.69) is 0 Å². The summed E-state index contributed by atoms with van der Waals surface area (Å²) in [6.45, 7) is 0.595. The first-order chi connectivity index (χ1) is 7.34. The number of carbonyl (C=O) groups excluding carboxylic acids is 1. The quantitative estimate of drug-likeness (QED) is 0.381. The van der Waals surface area contributed by atoms with Crippen LogP contribution in [0.3, 0.4) is 0 Å². The largest absolute Gasteiger partial charge is 0.465 e. The van der Waals surface area contributed by atoms with E-state index in [1.165, 1.54) is 12.8 Å². The van der Waals surface area contributed by atoms with Crippen molar-refractivity contribution < 1.29 is 9.53 Å². The molecule has 0 atom stereocenters. The van der Waals surface area contributed by atoms with E-state index in [1.807, 2.05) is 0 Å². The first-order valence-corrected chi connectivity index (χ1v) is 6.60. The Kier molecular flexibility index (Phi) is 6.82. The van der Waals surface area contributed by atoms with Crippen LogP contribution in [0.1, 0.15) is 51.4 Å². The Hall–Kier alpha value is -0.240. The summed E-state index contributed by atoms with van der Waals surface area (Å²) in [5.74, 6) is 0.972. The SMILES string of the molecule is O=C(OCCCCCCCl)C1CCCC1. The highest BCUT2D eigenvalue weighted by Gasteiger charge is 2.23. The minimum atomic E-state index is 0.0323. The van der Waals surface area contributed by atoms with Gasteiger partial charge in [-0.05, 0) is 25.7 Å². The van der Waals surface area contributed by atoms with Crippen molar-refractivity contribution in [1.82, 2.24) is 0 Å². The van der Waals surface area contributed by atoms with Crippen LogP contribution in [-0.4, -0.2) is 18.5 Å². The van der Waals surface area contributed by atoms with Gasteiger partial charge >= 0.3 is 5.97 Å². The molecular formula is C12H21ClO2. The summed E-state index contributed by atoms with van der Waals surface area (Å²) >= 11 is 5.57. The normalized spacial score (nSPS) is 16.9. The molecular weight excluding hydrogens is 212 g/mol. The van der Waals surface area contributed by atoms with Gasteiger partial charge < -0.3 is 4.74 Å². The van der Waals surface area contributed by atoms with Crippen LogP contribution in [0.4, 0.5) is 0 Å². The van der Waals surface area contributed by atoms with Gasteiger partial charge in [0.2, 0.25) is 0 Å². The molecule has 3 heteroatoms. The summed E-state index contributed by atoms with van der Waals surface area (Å²) in [5, 5.41) is 0. The minimum absolute atomic E-state index is 0.0323. The number of alkyl halides is 1. The van der Waals surface area contributed by atoms with Crippen LogP contribution in [0, 0.1) is 5.92 Å². The topological polar surface area (TPSA) is 26.3 Å². The molecule has 15 heavy (non-hydrogen) atoms. The first kappa shape index (κ1) is 12.8. The third kappa shape index (κ3) is 5.41. The molecule has 0 saturated heterocycles. The summed E-state index contributed by atoms with van der Waals surface area (Å²) in [6.07, 6.45) is 8.75. The molecule has 0 heterocycles. The van der Waals surface area contributed by atoms with Crippen LogP contribution in [0.25, 0.3) is 0 Å². The molecule has 0 amide bonds. The maximum atomic E-state index is 11.5. The van der Waals surface area contributed by atoms with E-state index in [4.69, 9.17) is 16.3 Å². The van der Waals surface area contributed by atoms with E-state index in [1.54, 1.807) is 0 Å². The Bertz CT molecular complexity index is 176. The molecule has 88 valence electrons. The second-order valence-corrected chi connectivity index (χ2v) is 4.63. The fourth-order valence-electron chi connectivity index (χ4n) is 2.00. The molecule has 1 saturated carbocycles. The average Bonchev–Trinajstić information content (AvgIpc) is 2.76. The van der Waals surface area contributed by atoms with Gasteiger partial charge in [0.05, 0.1) is 12.5 Å². The lowest BCUT2D eigenvalue weighted by atomic mass is 10.1. The van der Waals surface area contributed by atoms with Gasteiger partial charge in [-0.25, -0.2) is 0 Å². The monoisotopic (exact) mass is 232 g/mol. The summed E-state index contributed by atoms with van der Waals surface area (Å²) < 4.78 is 5.23. The van der Waals surface area contributed by atoms with Crippen molar-refractivity contribution in [2.45, 2.75) is 51.4 Å². The maximum Gasteiger partial charge on any atom is 0.308 e. The van der Waals surface area contributed by atoms with Gasteiger partial charge in [0.15, 0.2) is 0 Å². The lowest BCUT2D eigenvalue weighted by Gasteiger charge is -2.09. The molecule has 0 aromatic heterocycles. The van der Waals surface area contributed by atoms with Crippen LogP contribution in [0.15, 0.2) is 0 Å². The second kappa shape index (κ2) is 7.98. The van der Waals surface area contributed by atoms with Crippen molar-refractivity contribution >= 4 is 17.6 Å². The standard InChI is InChI=1S/C12H21ClO2/c13-9-5-1-2-6-10-15-12(14)11-7-3-4-8-11/h11H,1-10H2. The molecule has 2 nitrogen and oxygen atoms in total. The van der Waals surface area contributed by atoms with E-state index in [0.717, 1.165) is 44.4 Å². The third-order valence-corrected chi connectivity index (χ3v) is 3.23. The Morgan fingerprint density at radius 3 is 2.47 bits per heavy atom. The molecule has 1 rings (SSSR count). The van der Waals surface area contributed by atoms with Crippen molar-refractivity contribution in [1.29, 1.82) is 0 Å². The predicted molar refractivity (Wildman–Crippen MR) is 62.1 cm³/mol. The minimum Gasteiger partial charge on any atom is -0.465 e. The number of carbonyl (C=O) groups is 1. The molecule has 0 aromatic rings. The Morgan fingerprint density at radius 1 is 1.13 bits per heavy atom. The maximum absolute atomic E-state index is 11.5. The van der Waals surface area contributed by atoms with Crippen LogP contribution >= 0.6 is 11.6 Å². The summed E-state index contributed by atoms with van der Waals surface area (Å²) in [7, 11) is 0. The Morgan fingerprint density at radius 2 is 1.80 bits per heavy atom. The summed E-state index contributed by atoms with van der Waals surface area (Å²) in [5.41, 5.74) is 0. The van der Waals surface area contributed by atoms with Crippen molar-refractivity contribution in [3.05, 3.63) is 0 Å². The van der Waals surface area contributed by atoms with E-state index < -0.39 is 0 Å². The predicted octanol–water partition coefficient (Wildman–Crippen LogP) is 3.52. The van der Waals surface area contributed by atoms with Crippen molar-refractivity contribution in [3.63, 3.8) is 0 Å². The number of unbranched alkanes of at least 4 members (excludes halogenated alkanes) is 3. The van der Waals surface area contributed by atoms with Gasteiger partial charge in [0.25, 0.3) is 0 Å². The number of ether oxygens (including phenoxy) is 1. The number of hydrogen-bond acceptors (Lipinski definition) is 2. The zero-order valence-electron chi connectivity index (χ0n) is 9.34. The van der Waals surface area contributed by atoms with Gasteiger partial charge in [-0.15, -0.1) is 11.6 Å². The lowest BCUT2D eigenvalue weighted by molar-refractivity contribution is -0.148. The molecule has 0 radical (unpaired) electrons. The molecule has 0 spiro atoms. The van der Waals surface area contributed by atoms with Crippen molar-refractivity contribution in [2.24, 2.45) is 5.92 Å². The van der Waals surface area contributed by atoms with E-state index >= 15 is 0 Å². The summed E-state index contributed by atoms with van der Waals surface area (Å²) in [6, 6.07) is 0. The van der Waals surface area contributed by atoms with Crippen LogP contribution in [0.5, 0.6) is 0 Å². The highest BCUT2D eigenvalue weighted by molar-refractivity contribution is 6.17. The number of rotatable bonds is 7. The Labute approximate surface area is 97.3 Å². The van der Waals surface area contributed by atoms with Gasteiger partial charge in [0.1, 0.15) is 0 Å². The molecule has 1 fully saturated rings. The smallest absolute Gasteiger partial charge is 0.308 e. The molecule has 1 aliphatic rings. The molecule has 0 aromatic carbocycles. The van der Waals surface area contributed by atoms with Crippen LogP contribution < -0.4 is 0 Å². The highest BCUT2D eigenvalue weighted by atomic mass is 35.5. The van der Waals surface area contributed by atoms with Gasteiger partial charge in [-0.3, -0.25) is 4.79 Å². The van der Waals surface area contributed by atoms with E-state index in [-0.39, 0.29) is 11.9 Å². The zero-order valence-corrected chi connectivity index (χ0v) is 10.1. The second-order valence-electron chi connectivity index (χ2n) is 4.25. The summed E-state index contributed by atoms with van der Waals surface area (Å²) in [4.78, 5) is 11.5. The number of halogens is 1. The van der Waals surface area contributed by atoms with E-state index in [9.17, 15) is 4.79 Å². The molecule has 0 N–H and O–H groups in total. The lowest BCUT2D eigenvalue weighted by Crippen LogP contribution is -2.15. The first-order valence-electron chi connectivity index (χ1n) is 6.07. The highest BCUT2D eigenvalue weighted by Crippen LogP contribution is 2.25. The van der Waals surface area contributed by atoms with E-state index in [0.29, 0.717) is 6.61 Å². The number of esters is 1. The van der Waals surface area contributed by atoms with Crippen molar-refractivity contribution in [2.75, 3.05) is 12.5 Å². The molecule has 0 unspecified atom stereocenters. The fourth-order valence-corrected chi connectivity index (χ4v) is 2.19. The van der Waals surface area contributed by atoms with Gasteiger partial charge in [-0.1, -0.05) is 25.7 Å². The van der Waals surface area contributed by atoms with Crippen LogP contribution in [0.2, 0.25) is 0 Å². The van der Waals surface area contributed by atoms with Gasteiger partial charge in [-0.2, -0.15) is 0 Å². The zero-order chi connectivity index (χ0) is 10.9. The fraction of sp³-hybridized carbons (Fsp3) is 0.917. The van der Waals surface area contributed by atoms with Crippen LogP contribution in [-0.2, 0) is 9.53 Å². The Balaban J connectivity index is 1.92. The molecule has 1 aliphatic carbocycles. The molecule has 0 aliphatic heterocycles. The number of hydrogen-bond donors (Lipinski definition) is 0. The third-order valence-electron chi connectivity index (χ3n) is 2.96. The molecule has 0 bridgehead atoms. The van der Waals surface area contributed by atoms with Gasteiger partial charge in [0, 0.05) is 5.88 Å². The average molecular weight is 233 g/mol.